The standard InChI is InChI=1S/C20H30N4O4S/c1-6-21(3)13(2)18(26)23-8-7-14-15(11-23)29-20-17(14)19(27)22(4)12-16(25)24(20)9-10-28-5/h13H,6-12H2,1-5H3. The molecule has 0 bridgehead atoms. The zero-order chi connectivity index (χ0) is 21.3. The van der Waals surface area contributed by atoms with E-state index in [0.717, 1.165) is 17.0 Å². The van der Waals surface area contributed by atoms with Gasteiger partial charge in [-0.2, -0.15) is 0 Å². The number of likely N-dealkylation sites (N-methyl/N-ethyl adjacent to an activating group) is 2. The lowest BCUT2D eigenvalue weighted by Gasteiger charge is -2.32. The maximum atomic E-state index is 13.0. The van der Waals surface area contributed by atoms with Gasteiger partial charge in [0, 0.05) is 25.6 Å². The fourth-order valence-corrected chi connectivity index (χ4v) is 5.18. The van der Waals surface area contributed by atoms with Crippen molar-refractivity contribution in [2.24, 2.45) is 0 Å². The Morgan fingerprint density at radius 3 is 2.69 bits per heavy atom. The molecule has 1 aromatic rings. The molecule has 0 N–H and O–H groups in total. The summed E-state index contributed by atoms with van der Waals surface area (Å²) in [5.41, 5.74) is 1.61. The van der Waals surface area contributed by atoms with Crippen molar-refractivity contribution >= 4 is 34.1 Å². The Morgan fingerprint density at radius 1 is 1.31 bits per heavy atom. The number of rotatable bonds is 6. The predicted octanol–water partition coefficient (Wildman–Crippen LogP) is 1.04. The first kappa shape index (κ1) is 21.7. The molecule has 1 aromatic heterocycles. The van der Waals surface area contributed by atoms with Gasteiger partial charge < -0.3 is 14.5 Å². The first-order valence-electron chi connectivity index (χ1n) is 9.98. The fourth-order valence-electron chi connectivity index (χ4n) is 3.79. The van der Waals surface area contributed by atoms with Crippen molar-refractivity contribution in [3.63, 3.8) is 0 Å². The van der Waals surface area contributed by atoms with Gasteiger partial charge in [-0.3, -0.25) is 24.2 Å². The SMILES string of the molecule is CCN(C)C(C)C(=O)N1CCc2c(sc3c2C(=O)N(C)CC(=O)N3CCOC)C1. The highest BCUT2D eigenvalue weighted by molar-refractivity contribution is 7.17. The molecule has 3 rings (SSSR count). The molecule has 0 saturated carbocycles. The molecule has 0 fully saturated rings. The van der Waals surface area contributed by atoms with Crippen LogP contribution in [0.4, 0.5) is 5.00 Å². The first-order valence-corrected chi connectivity index (χ1v) is 10.8. The van der Waals surface area contributed by atoms with Crippen LogP contribution in [0.15, 0.2) is 0 Å². The zero-order valence-corrected chi connectivity index (χ0v) is 18.7. The molecule has 8 nitrogen and oxygen atoms in total. The lowest BCUT2D eigenvalue weighted by Crippen LogP contribution is -2.47. The molecule has 3 heterocycles. The van der Waals surface area contributed by atoms with Crippen LogP contribution in [-0.4, -0.2) is 92.5 Å². The Bertz CT molecular complexity index is 809. The molecule has 29 heavy (non-hydrogen) atoms. The summed E-state index contributed by atoms with van der Waals surface area (Å²) in [6.45, 7) is 6.69. The monoisotopic (exact) mass is 422 g/mol. The van der Waals surface area contributed by atoms with Gasteiger partial charge in [0.05, 0.1) is 31.3 Å². The van der Waals surface area contributed by atoms with Crippen LogP contribution in [0, 0.1) is 0 Å². The highest BCUT2D eigenvalue weighted by Gasteiger charge is 2.37. The van der Waals surface area contributed by atoms with E-state index in [-0.39, 0.29) is 30.3 Å². The Morgan fingerprint density at radius 2 is 2.03 bits per heavy atom. The van der Waals surface area contributed by atoms with Crippen molar-refractivity contribution < 1.29 is 19.1 Å². The van der Waals surface area contributed by atoms with Crippen LogP contribution in [0.2, 0.25) is 0 Å². The summed E-state index contributed by atoms with van der Waals surface area (Å²) in [7, 11) is 5.20. The summed E-state index contributed by atoms with van der Waals surface area (Å²) in [5, 5.41) is 0.694. The third kappa shape index (κ3) is 4.04. The van der Waals surface area contributed by atoms with Crippen molar-refractivity contribution in [1.29, 1.82) is 0 Å². The number of carbonyl (C=O) groups excluding carboxylic acids is 3. The Hall–Kier alpha value is -1.97. The number of hydrogen-bond acceptors (Lipinski definition) is 6. The Balaban J connectivity index is 1.94. The molecule has 0 aromatic carbocycles. The van der Waals surface area contributed by atoms with Crippen molar-refractivity contribution in [1.82, 2.24) is 14.7 Å². The van der Waals surface area contributed by atoms with Gasteiger partial charge in [0.25, 0.3) is 5.91 Å². The zero-order valence-electron chi connectivity index (χ0n) is 17.9. The summed E-state index contributed by atoms with van der Waals surface area (Å²) in [5.74, 6) is -0.134. The summed E-state index contributed by atoms with van der Waals surface area (Å²) in [4.78, 5) is 46.7. The minimum atomic E-state index is -0.188. The number of nitrogens with zero attached hydrogens (tertiary/aromatic N) is 4. The lowest BCUT2D eigenvalue weighted by atomic mass is 10.0. The minimum absolute atomic E-state index is 0.0597. The van der Waals surface area contributed by atoms with Gasteiger partial charge in [-0.05, 0) is 32.5 Å². The second-order valence-electron chi connectivity index (χ2n) is 7.64. The molecule has 9 heteroatoms. The van der Waals surface area contributed by atoms with E-state index in [0.29, 0.717) is 43.2 Å². The van der Waals surface area contributed by atoms with E-state index in [1.54, 1.807) is 19.1 Å². The van der Waals surface area contributed by atoms with Crippen molar-refractivity contribution in [2.75, 3.05) is 58.9 Å². The number of amides is 3. The predicted molar refractivity (Wildman–Crippen MR) is 112 cm³/mol. The fraction of sp³-hybridized carbons (Fsp3) is 0.650. The van der Waals surface area contributed by atoms with Gasteiger partial charge in [0.1, 0.15) is 11.5 Å². The van der Waals surface area contributed by atoms with Crippen molar-refractivity contribution in [2.45, 2.75) is 32.9 Å². The molecule has 0 spiro atoms. The number of ether oxygens (including phenoxy) is 1. The molecule has 2 aliphatic rings. The van der Waals surface area contributed by atoms with Gasteiger partial charge in [-0.15, -0.1) is 11.3 Å². The molecule has 160 valence electrons. The summed E-state index contributed by atoms with van der Waals surface area (Å²) < 4.78 is 5.17. The molecule has 3 amide bonds. The topological polar surface area (TPSA) is 73.4 Å². The number of methoxy groups -OCH3 is 1. The third-order valence-electron chi connectivity index (χ3n) is 5.87. The van der Waals surface area contributed by atoms with Gasteiger partial charge in [-0.1, -0.05) is 6.92 Å². The van der Waals surface area contributed by atoms with Crippen molar-refractivity contribution in [3.8, 4) is 0 Å². The van der Waals surface area contributed by atoms with Crippen LogP contribution in [0.5, 0.6) is 0 Å². The third-order valence-corrected chi connectivity index (χ3v) is 7.11. The number of anilines is 1. The smallest absolute Gasteiger partial charge is 0.257 e. The summed E-state index contributed by atoms with van der Waals surface area (Å²) >= 11 is 1.46. The van der Waals surface area contributed by atoms with Gasteiger partial charge in [0.15, 0.2) is 0 Å². The van der Waals surface area contributed by atoms with Crippen LogP contribution >= 0.6 is 11.3 Å². The highest BCUT2D eigenvalue weighted by Crippen LogP contribution is 2.41. The lowest BCUT2D eigenvalue weighted by molar-refractivity contribution is -0.136. The van der Waals surface area contributed by atoms with E-state index in [1.807, 2.05) is 30.7 Å². The normalized spacial score (nSPS) is 18.1. The highest BCUT2D eigenvalue weighted by atomic mass is 32.1. The molecular weight excluding hydrogens is 392 g/mol. The summed E-state index contributed by atoms with van der Waals surface area (Å²) in [6.07, 6.45) is 0.626. The van der Waals surface area contributed by atoms with Crippen LogP contribution in [0.3, 0.4) is 0 Å². The van der Waals surface area contributed by atoms with Crippen LogP contribution in [0.1, 0.15) is 34.6 Å². The maximum Gasteiger partial charge on any atom is 0.257 e. The largest absolute Gasteiger partial charge is 0.383 e. The van der Waals surface area contributed by atoms with Crippen LogP contribution in [-0.2, 0) is 27.3 Å². The number of thiophene rings is 1. The van der Waals surface area contributed by atoms with E-state index < -0.39 is 0 Å². The van der Waals surface area contributed by atoms with E-state index in [1.165, 1.54) is 16.2 Å². The van der Waals surface area contributed by atoms with Gasteiger partial charge >= 0.3 is 0 Å². The molecular formula is C20H30N4O4S. The number of hydrogen-bond donors (Lipinski definition) is 0. The maximum absolute atomic E-state index is 13.0. The second-order valence-corrected chi connectivity index (χ2v) is 8.73. The number of carbonyl (C=O) groups is 3. The molecule has 0 saturated heterocycles. The quantitative estimate of drug-likeness (QED) is 0.685. The summed E-state index contributed by atoms with van der Waals surface area (Å²) in [6, 6.07) is -0.188. The average Bonchev–Trinajstić information content (AvgIpc) is 3.06. The number of fused-ring (bicyclic) bond motifs is 3. The Labute approximate surface area is 176 Å². The minimum Gasteiger partial charge on any atom is -0.383 e. The molecule has 0 aliphatic carbocycles. The van der Waals surface area contributed by atoms with Crippen molar-refractivity contribution in [3.05, 3.63) is 16.0 Å². The van der Waals surface area contributed by atoms with Crippen LogP contribution in [0.25, 0.3) is 0 Å². The second kappa shape index (κ2) is 8.81. The molecule has 0 radical (unpaired) electrons. The first-order chi connectivity index (χ1) is 13.8. The van der Waals surface area contributed by atoms with E-state index in [2.05, 4.69) is 0 Å². The van der Waals surface area contributed by atoms with E-state index in [9.17, 15) is 14.4 Å². The van der Waals surface area contributed by atoms with Gasteiger partial charge in [-0.25, -0.2) is 0 Å². The Kier molecular flexibility index (Phi) is 6.60. The molecule has 1 unspecified atom stereocenters. The van der Waals surface area contributed by atoms with E-state index in [4.69, 9.17) is 4.74 Å². The average molecular weight is 423 g/mol. The van der Waals surface area contributed by atoms with Crippen LogP contribution < -0.4 is 4.90 Å². The molecule has 1 atom stereocenters. The molecule has 2 aliphatic heterocycles. The van der Waals surface area contributed by atoms with E-state index >= 15 is 0 Å². The van der Waals surface area contributed by atoms with Gasteiger partial charge in [0.2, 0.25) is 11.8 Å².